The van der Waals surface area contributed by atoms with Gasteiger partial charge in [0.2, 0.25) is 0 Å². The van der Waals surface area contributed by atoms with Gasteiger partial charge in [0, 0.05) is 5.69 Å². The summed E-state index contributed by atoms with van der Waals surface area (Å²) >= 11 is 3.36. The third-order valence-electron chi connectivity index (χ3n) is 2.42. The fourth-order valence-corrected chi connectivity index (χ4v) is 1.90. The summed E-state index contributed by atoms with van der Waals surface area (Å²) in [4.78, 5) is 6.51. The second-order valence-corrected chi connectivity index (χ2v) is 4.39. The average Bonchev–Trinajstić information content (AvgIpc) is 2.28. The van der Waals surface area contributed by atoms with Crippen molar-refractivity contribution in [1.82, 2.24) is 9.88 Å². The second-order valence-electron chi connectivity index (χ2n) is 3.58. The van der Waals surface area contributed by atoms with Gasteiger partial charge >= 0.3 is 0 Å². The molecule has 0 aromatic carbocycles. The number of halogens is 1. The highest BCUT2D eigenvalue weighted by atomic mass is 79.9. The molecule has 4 heteroatoms. The largest absolute Gasteiger partial charge is 0.291 e. The number of hydrogen-bond donors (Lipinski definition) is 0. The maximum atomic E-state index is 8.61. The van der Waals surface area contributed by atoms with E-state index in [1.165, 1.54) is 0 Å². The molecule has 0 saturated heterocycles. The van der Waals surface area contributed by atoms with Gasteiger partial charge in [-0.05, 0) is 54.0 Å². The van der Waals surface area contributed by atoms with Crippen LogP contribution in [-0.2, 0) is 6.42 Å². The molecule has 0 atom stereocenters. The molecular weight excluding hydrogens is 266 g/mol. The zero-order chi connectivity index (χ0) is 11.8. The number of nitriles is 1. The molecule has 0 radical (unpaired) electrons. The molecule has 0 aliphatic rings. The minimum Gasteiger partial charge on any atom is -0.291 e. The Labute approximate surface area is 105 Å². The Morgan fingerprint density at radius 2 is 2.31 bits per heavy atom. The normalized spacial score (nSPS) is 10.4. The highest BCUT2D eigenvalue weighted by Crippen LogP contribution is 2.08. The lowest BCUT2D eigenvalue weighted by molar-refractivity contribution is 0.317. The van der Waals surface area contributed by atoms with Crippen molar-refractivity contribution in [2.45, 2.75) is 19.8 Å². The number of hydrogen-bond acceptors (Lipinski definition) is 3. The number of aromatic nitrogens is 1. The predicted molar refractivity (Wildman–Crippen MR) is 68.0 cm³/mol. The zero-order valence-corrected chi connectivity index (χ0v) is 11.1. The van der Waals surface area contributed by atoms with Gasteiger partial charge < -0.3 is 0 Å². The van der Waals surface area contributed by atoms with Crippen molar-refractivity contribution in [2.24, 2.45) is 0 Å². The third-order valence-corrected chi connectivity index (χ3v) is 2.86. The standard InChI is InChI=1S/C12H16BrN3/c1-2-16(10-8-14)9-4-6-11-5-3-7-12(13)15-11/h3,5,7H,2,4,6,9-10H2,1H3. The van der Waals surface area contributed by atoms with E-state index in [1.807, 2.05) is 18.2 Å². The number of aryl methyl sites for hydroxylation is 1. The molecule has 1 aromatic rings. The van der Waals surface area contributed by atoms with E-state index in [1.54, 1.807) is 0 Å². The van der Waals surface area contributed by atoms with E-state index in [9.17, 15) is 0 Å². The first-order chi connectivity index (χ1) is 7.76. The first-order valence-corrected chi connectivity index (χ1v) is 6.26. The van der Waals surface area contributed by atoms with Gasteiger partial charge in [0.25, 0.3) is 0 Å². The van der Waals surface area contributed by atoms with E-state index in [-0.39, 0.29) is 0 Å². The molecule has 1 rings (SSSR count). The van der Waals surface area contributed by atoms with E-state index >= 15 is 0 Å². The molecule has 0 fully saturated rings. The van der Waals surface area contributed by atoms with Crippen LogP contribution in [0.4, 0.5) is 0 Å². The van der Waals surface area contributed by atoms with Crippen molar-refractivity contribution in [3.8, 4) is 6.07 Å². The van der Waals surface area contributed by atoms with Gasteiger partial charge in [-0.25, -0.2) is 4.98 Å². The summed E-state index contributed by atoms with van der Waals surface area (Å²) in [5.74, 6) is 0. The Hall–Kier alpha value is -0.920. The lowest BCUT2D eigenvalue weighted by atomic mass is 10.2. The first kappa shape index (κ1) is 13.1. The van der Waals surface area contributed by atoms with Crippen LogP contribution < -0.4 is 0 Å². The predicted octanol–water partition coefficient (Wildman–Crippen LogP) is 2.62. The van der Waals surface area contributed by atoms with Gasteiger partial charge in [-0.1, -0.05) is 13.0 Å². The van der Waals surface area contributed by atoms with Crippen LogP contribution in [0.1, 0.15) is 19.0 Å². The molecule has 0 spiro atoms. The molecule has 0 aliphatic heterocycles. The van der Waals surface area contributed by atoms with Gasteiger partial charge in [-0.2, -0.15) is 5.26 Å². The molecule has 1 heterocycles. The first-order valence-electron chi connectivity index (χ1n) is 5.47. The molecule has 0 amide bonds. The Morgan fingerprint density at radius 3 is 2.94 bits per heavy atom. The molecular formula is C12H16BrN3. The van der Waals surface area contributed by atoms with Gasteiger partial charge in [0.1, 0.15) is 4.60 Å². The highest BCUT2D eigenvalue weighted by Gasteiger charge is 2.01. The molecule has 0 aliphatic carbocycles. The number of rotatable bonds is 6. The van der Waals surface area contributed by atoms with Crippen molar-refractivity contribution < 1.29 is 0 Å². The SMILES string of the molecule is CCN(CC#N)CCCc1cccc(Br)n1. The highest BCUT2D eigenvalue weighted by molar-refractivity contribution is 9.10. The summed E-state index contributed by atoms with van der Waals surface area (Å²) in [6.07, 6.45) is 2.00. The summed E-state index contributed by atoms with van der Waals surface area (Å²) < 4.78 is 0.884. The average molecular weight is 282 g/mol. The lowest BCUT2D eigenvalue weighted by Gasteiger charge is -2.15. The van der Waals surface area contributed by atoms with Crippen LogP contribution in [0.3, 0.4) is 0 Å². The summed E-state index contributed by atoms with van der Waals surface area (Å²) in [6.45, 7) is 4.48. The smallest absolute Gasteiger partial charge is 0.106 e. The summed E-state index contributed by atoms with van der Waals surface area (Å²) in [5.41, 5.74) is 1.10. The van der Waals surface area contributed by atoms with Gasteiger partial charge in [-0.3, -0.25) is 4.90 Å². The molecule has 3 nitrogen and oxygen atoms in total. The number of nitrogens with zero attached hydrogens (tertiary/aromatic N) is 3. The molecule has 0 bridgehead atoms. The van der Waals surface area contributed by atoms with Crippen LogP contribution in [0.25, 0.3) is 0 Å². The lowest BCUT2D eigenvalue weighted by Crippen LogP contribution is -2.25. The van der Waals surface area contributed by atoms with Gasteiger partial charge in [-0.15, -0.1) is 0 Å². The van der Waals surface area contributed by atoms with Crippen molar-refractivity contribution in [2.75, 3.05) is 19.6 Å². The van der Waals surface area contributed by atoms with Crippen LogP contribution in [0, 0.1) is 11.3 Å². The zero-order valence-electron chi connectivity index (χ0n) is 9.49. The van der Waals surface area contributed by atoms with E-state index in [0.29, 0.717) is 6.54 Å². The minimum absolute atomic E-state index is 0.516. The maximum absolute atomic E-state index is 8.61. The summed E-state index contributed by atoms with van der Waals surface area (Å²) in [7, 11) is 0. The topological polar surface area (TPSA) is 39.9 Å². The molecule has 0 N–H and O–H groups in total. The van der Waals surface area contributed by atoms with Crippen molar-refractivity contribution >= 4 is 15.9 Å². The molecule has 0 saturated carbocycles. The van der Waals surface area contributed by atoms with Crippen molar-refractivity contribution in [3.63, 3.8) is 0 Å². The van der Waals surface area contributed by atoms with Crippen LogP contribution >= 0.6 is 15.9 Å². The minimum atomic E-state index is 0.516. The van der Waals surface area contributed by atoms with Crippen LogP contribution in [0.15, 0.2) is 22.8 Å². The van der Waals surface area contributed by atoms with Gasteiger partial charge in [0.05, 0.1) is 12.6 Å². The third kappa shape index (κ3) is 4.73. The Bertz CT molecular complexity index is 360. The quantitative estimate of drug-likeness (QED) is 0.595. The van der Waals surface area contributed by atoms with Gasteiger partial charge in [0.15, 0.2) is 0 Å². The monoisotopic (exact) mass is 281 g/mol. The summed E-state index contributed by atoms with van der Waals surface area (Å²) in [6, 6.07) is 8.14. The van der Waals surface area contributed by atoms with E-state index in [0.717, 1.165) is 36.2 Å². The van der Waals surface area contributed by atoms with E-state index in [2.05, 4.69) is 38.8 Å². The van der Waals surface area contributed by atoms with E-state index in [4.69, 9.17) is 5.26 Å². The fraction of sp³-hybridized carbons (Fsp3) is 0.500. The Balaban J connectivity index is 2.32. The fourth-order valence-electron chi connectivity index (χ4n) is 1.52. The Morgan fingerprint density at radius 1 is 1.50 bits per heavy atom. The maximum Gasteiger partial charge on any atom is 0.106 e. The van der Waals surface area contributed by atoms with E-state index < -0.39 is 0 Å². The van der Waals surface area contributed by atoms with Crippen LogP contribution in [0.2, 0.25) is 0 Å². The Kier molecular flexibility index (Phi) is 6.05. The molecule has 1 aromatic heterocycles. The summed E-state index contributed by atoms with van der Waals surface area (Å²) in [5, 5.41) is 8.61. The molecule has 86 valence electrons. The van der Waals surface area contributed by atoms with Crippen molar-refractivity contribution in [1.29, 1.82) is 5.26 Å². The molecule has 16 heavy (non-hydrogen) atoms. The van der Waals surface area contributed by atoms with Crippen molar-refractivity contribution in [3.05, 3.63) is 28.5 Å². The second kappa shape index (κ2) is 7.37. The van der Waals surface area contributed by atoms with Crippen LogP contribution in [0.5, 0.6) is 0 Å². The number of pyridine rings is 1. The molecule has 0 unspecified atom stereocenters. The van der Waals surface area contributed by atoms with Crippen LogP contribution in [-0.4, -0.2) is 29.5 Å².